The van der Waals surface area contributed by atoms with Gasteiger partial charge in [-0.15, -0.1) is 0 Å². The molecule has 0 saturated heterocycles. The van der Waals surface area contributed by atoms with Crippen LogP contribution in [0.3, 0.4) is 0 Å². The smallest absolute Gasteiger partial charge is 0.200 e. The van der Waals surface area contributed by atoms with Gasteiger partial charge in [0.25, 0.3) is 0 Å². The number of hydrogen-bond donors (Lipinski definition) is 6. The Labute approximate surface area is 207 Å². The van der Waals surface area contributed by atoms with Gasteiger partial charge in [-0.2, -0.15) is 0 Å². The molecular weight excluding hydrogens is 456 g/mol. The van der Waals surface area contributed by atoms with Crippen molar-refractivity contribution in [3.05, 3.63) is 94.0 Å². The SMILES string of the molecule is Cc1cc(-c2ccc(N)c(C)c2)ccc1N.Nc1ccc(O)c2c1C(=O)c1c(O)ccc(N)c1C2=O. The van der Waals surface area contributed by atoms with E-state index in [1.54, 1.807) is 0 Å². The van der Waals surface area contributed by atoms with Crippen LogP contribution in [0.4, 0.5) is 22.7 Å². The third-order valence-electron chi connectivity index (χ3n) is 6.21. The molecule has 1 aliphatic carbocycles. The molecule has 5 rings (SSSR count). The molecule has 0 atom stereocenters. The molecule has 0 spiro atoms. The van der Waals surface area contributed by atoms with Crippen molar-refractivity contribution >= 4 is 34.3 Å². The van der Waals surface area contributed by atoms with Gasteiger partial charge in [0.15, 0.2) is 0 Å². The van der Waals surface area contributed by atoms with E-state index in [1.807, 2.05) is 38.1 Å². The normalized spacial score (nSPS) is 11.8. The zero-order valence-electron chi connectivity index (χ0n) is 19.8. The second kappa shape index (κ2) is 8.99. The van der Waals surface area contributed by atoms with Crippen molar-refractivity contribution in [1.29, 1.82) is 0 Å². The van der Waals surface area contributed by atoms with E-state index in [-0.39, 0.29) is 45.1 Å². The van der Waals surface area contributed by atoms with Gasteiger partial charge in [-0.1, -0.05) is 12.1 Å². The van der Waals surface area contributed by atoms with E-state index in [9.17, 15) is 19.8 Å². The lowest BCUT2D eigenvalue weighted by Gasteiger charge is -2.21. The molecule has 10 N–H and O–H groups in total. The fourth-order valence-electron chi connectivity index (χ4n) is 4.13. The average Bonchev–Trinajstić information content (AvgIpc) is 2.84. The van der Waals surface area contributed by atoms with Crippen LogP contribution in [-0.2, 0) is 0 Å². The number of benzene rings is 4. The number of aryl methyl sites for hydroxylation is 2. The zero-order chi connectivity index (χ0) is 26.3. The van der Waals surface area contributed by atoms with E-state index in [1.165, 1.54) is 35.4 Å². The first kappa shape index (κ1) is 24.2. The number of rotatable bonds is 1. The van der Waals surface area contributed by atoms with Gasteiger partial charge in [-0.3, -0.25) is 9.59 Å². The number of ketones is 2. The maximum Gasteiger partial charge on any atom is 0.200 e. The van der Waals surface area contributed by atoms with Crippen molar-refractivity contribution in [1.82, 2.24) is 0 Å². The van der Waals surface area contributed by atoms with Crippen LogP contribution in [-0.4, -0.2) is 21.8 Å². The predicted octanol–water partition coefficient (Wildman–Crippen LogP) is 4.17. The topological polar surface area (TPSA) is 179 Å². The highest BCUT2D eigenvalue weighted by Gasteiger charge is 2.36. The Kier molecular flexibility index (Phi) is 6.03. The first-order valence-electron chi connectivity index (χ1n) is 11.1. The van der Waals surface area contributed by atoms with Gasteiger partial charge >= 0.3 is 0 Å². The first-order valence-corrected chi connectivity index (χ1v) is 11.1. The average molecular weight is 483 g/mol. The number of phenols is 2. The number of nitrogens with two attached hydrogens (primary N) is 4. The number of carbonyl (C=O) groups excluding carboxylic acids is 2. The molecule has 8 heteroatoms. The van der Waals surface area contributed by atoms with Crippen molar-refractivity contribution in [2.24, 2.45) is 0 Å². The maximum atomic E-state index is 12.4. The fourth-order valence-corrected chi connectivity index (χ4v) is 4.13. The second-order valence-corrected chi connectivity index (χ2v) is 8.65. The monoisotopic (exact) mass is 482 g/mol. The molecule has 0 saturated carbocycles. The van der Waals surface area contributed by atoms with Crippen LogP contribution in [0.15, 0.2) is 60.7 Å². The minimum atomic E-state index is -0.632. The molecule has 8 nitrogen and oxygen atoms in total. The molecule has 0 radical (unpaired) electrons. The molecule has 0 amide bonds. The molecule has 0 aliphatic heterocycles. The molecule has 0 heterocycles. The molecular formula is C28H26N4O4. The maximum absolute atomic E-state index is 12.4. The van der Waals surface area contributed by atoms with E-state index in [2.05, 4.69) is 12.1 Å². The minimum Gasteiger partial charge on any atom is -0.507 e. The molecule has 36 heavy (non-hydrogen) atoms. The third kappa shape index (κ3) is 4.05. The standard InChI is InChI=1S/C14H10N2O4.C14H16N2/c15-5-1-3-7(17)11-9(5)13(19)12-8(18)4-2-6(16)10(12)14(11)20;1-9-7-11(3-5-13(9)15)12-4-6-14(16)10(2)8-12/h1-4,17-18H,15-16H2;3-8H,15-16H2,1-2H3. The summed E-state index contributed by atoms with van der Waals surface area (Å²) in [4.78, 5) is 24.9. The van der Waals surface area contributed by atoms with Crippen LogP contribution in [0, 0.1) is 13.8 Å². The Morgan fingerprint density at radius 2 is 0.833 bits per heavy atom. The number of carbonyl (C=O) groups is 2. The molecule has 0 fully saturated rings. The highest BCUT2D eigenvalue weighted by molar-refractivity contribution is 6.33. The summed E-state index contributed by atoms with van der Waals surface area (Å²) in [5.41, 5.74) is 28.8. The summed E-state index contributed by atoms with van der Waals surface area (Å²) in [6, 6.07) is 17.3. The van der Waals surface area contributed by atoms with Gasteiger partial charge in [-0.05, 0) is 84.6 Å². The van der Waals surface area contributed by atoms with Crippen molar-refractivity contribution in [2.45, 2.75) is 13.8 Å². The first-order chi connectivity index (χ1) is 17.0. The summed E-state index contributed by atoms with van der Waals surface area (Å²) in [6.45, 7) is 4.03. The Hall–Kier alpha value is -4.98. The van der Waals surface area contributed by atoms with Crippen LogP contribution in [0.25, 0.3) is 11.1 Å². The lowest BCUT2D eigenvalue weighted by Crippen LogP contribution is -2.24. The lowest BCUT2D eigenvalue weighted by molar-refractivity contribution is 0.0975. The summed E-state index contributed by atoms with van der Waals surface area (Å²) in [5.74, 6) is -1.96. The second-order valence-electron chi connectivity index (χ2n) is 8.65. The van der Waals surface area contributed by atoms with Crippen LogP contribution in [0.5, 0.6) is 11.5 Å². The van der Waals surface area contributed by atoms with Gasteiger partial charge in [0.2, 0.25) is 11.6 Å². The molecule has 4 aromatic carbocycles. The van der Waals surface area contributed by atoms with Crippen molar-refractivity contribution in [3.63, 3.8) is 0 Å². The van der Waals surface area contributed by atoms with E-state index >= 15 is 0 Å². The van der Waals surface area contributed by atoms with Gasteiger partial charge in [-0.25, -0.2) is 0 Å². The number of fused-ring (bicyclic) bond motifs is 2. The number of anilines is 4. The van der Waals surface area contributed by atoms with E-state index < -0.39 is 11.6 Å². The molecule has 0 aromatic heterocycles. The molecule has 1 aliphatic rings. The van der Waals surface area contributed by atoms with Crippen molar-refractivity contribution in [3.8, 4) is 22.6 Å². The Balaban J connectivity index is 0.000000174. The van der Waals surface area contributed by atoms with Gasteiger partial charge in [0.1, 0.15) is 11.5 Å². The molecule has 4 aromatic rings. The van der Waals surface area contributed by atoms with Crippen LogP contribution < -0.4 is 22.9 Å². The van der Waals surface area contributed by atoms with Crippen LogP contribution in [0.1, 0.15) is 43.0 Å². The Bertz CT molecular complexity index is 1380. The van der Waals surface area contributed by atoms with Crippen molar-refractivity contribution < 1.29 is 19.8 Å². The number of nitrogen functional groups attached to an aromatic ring is 4. The van der Waals surface area contributed by atoms with E-state index in [0.717, 1.165) is 22.5 Å². The number of phenolic OH excluding ortho intramolecular Hbond substituents is 2. The van der Waals surface area contributed by atoms with Crippen molar-refractivity contribution in [2.75, 3.05) is 22.9 Å². The molecule has 0 bridgehead atoms. The highest BCUT2D eigenvalue weighted by atomic mass is 16.3. The highest BCUT2D eigenvalue weighted by Crippen LogP contribution is 2.40. The molecule has 182 valence electrons. The zero-order valence-corrected chi connectivity index (χ0v) is 19.8. The van der Waals surface area contributed by atoms with Crippen LogP contribution >= 0.6 is 0 Å². The number of hydrogen-bond acceptors (Lipinski definition) is 8. The quantitative estimate of drug-likeness (QED) is 0.152. The lowest BCUT2D eigenvalue weighted by atomic mass is 9.81. The van der Waals surface area contributed by atoms with Crippen LogP contribution in [0.2, 0.25) is 0 Å². The number of aromatic hydroxyl groups is 2. The Morgan fingerprint density at radius 3 is 1.17 bits per heavy atom. The predicted molar refractivity (Wildman–Crippen MR) is 142 cm³/mol. The summed E-state index contributed by atoms with van der Waals surface area (Å²) < 4.78 is 0. The molecule has 0 unspecified atom stereocenters. The van der Waals surface area contributed by atoms with E-state index in [4.69, 9.17) is 22.9 Å². The fraction of sp³-hybridized carbons (Fsp3) is 0.0714. The van der Waals surface area contributed by atoms with Gasteiger partial charge in [0.05, 0.1) is 22.3 Å². The summed E-state index contributed by atoms with van der Waals surface area (Å²) in [7, 11) is 0. The summed E-state index contributed by atoms with van der Waals surface area (Å²) >= 11 is 0. The minimum absolute atomic E-state index is 0.0589. The van der Waals surface area contributed by atoms with E-state index in [0.29, 0.717) is 0 Å². The third-order valence-corrected chi connectivity index (χ3v) is 6.21. The largest absolute Gasteiger partial charge is 0.507 e. The Morgan fingerprint density at radius 1 is 0.500 bits per heavy atom. The summed E-state index contributed by atoms with van der Waals surface area (Å²) in [5, 5.41) is 19.6. The van der Waals surface area contributed by atoms with Gasteiger partial charge in [0, 0.05) is 22.7 Å². The summed E-state index contributed by atoms with van der Waals surface area (Å²) in [6.07, 6.45) is 0. The van der Waals surface area contributed by atoms with Gasteiger partial charge < -0.3 is 33.1 Å².